The Balaban J connectivity index is 1.61. The van der Waals surface area contributed by atoms with Gasteiger partial charge in [0.15, 0.2) is 0 Å². The molecule has 0 aliphatic carbocycles. The zero-order valence-corrected chi connectivity index (χ0v) is 25.5. The van der Waals surface area contributed by atoms with Crippen LogP contribution in [0.2, 0.25) is 0 Å². The number of amides is 3. The molecular weight excluding hydrogens is 539 g/mol. The van der Waals surface area contributed by atoms with Gasteiger partial charge in [-0.15, -0.1) is 0 Å². The Labute approximate surface area is 247 Å². The second-order valence-corrected chi connectivity index (χ2v) is 13.2. The zero-order chi connectivity index (χ0) is 30.8. The summed E-state index contributed by atoms with van der Waals surface area (Å²) in [5.41, 5.74) is -1.45. The van der Waals surface area contributed by atoms with Crippen molar-refractivity contribution in [3.05, 3.63) is 36.5 Å². The average molecular weight is 583 g/mol. The van der Waals surface area contributed by atoms with Crippen LogP contribution in [-0.2, 0) is 19.0 Å². The van der Waals surface area contributed by atoms with Crippen LogP contribution in [0.15, 0.2) is 36.5 Å². The van der Waals surface area contributed by atoms with E-state index in [4.69, 9.17) is 14.1 Å². The van der Waals surface area contributed by atoms with Crippen molar-refractivity contribution < 1.29 is 33.5 Å². The summed E-state index contributed by atoms with van der Waals surface area (Å²) >= 11 is 0. The van der Waals surface area contributed by atoms with E-state index in [9.17, 15) is 19.4 Å². The maximum absolute atomic E-state index is 14.2. The summed E-state index contributed by atoms with van der Waals surface area (Å²) in [7, 11) is -1.13. The molecule has 0 spiro atoms. The Morgan fingerprint density at radius 3 is 2.55 bits per heavy atom. The van der Waals surface area contributed by atoms with Crippen molar-refractivity contribution >= 4 is 35.8 Å². The molecule has 2 aliphatic heterocycles. The topological polar surface area (TPSA) is 139 Å². The van der Waals surface area contributed by atoms with Crippen LogP contribution in [0.3, 0.4) is 0 Å². The summed E-state index contributed by atoms with van der Waals surface area (Å²) in [6.45, 7) is 13.2. The standard InChI is InChI=1S/C30H43BN4O7/c1-8-18-17-40-31(39)24(18)34-25(36)22-15-20(41-26-21-12-10-9-11-19(21)13-14-32-26)16-35(22)27(37)23(29(2,3)4)33-28(38)42-30(5,6)7/h9-14,18,20,22-24,39H,8,15-17H2,1-7H3,(H,33,38)(H,34,36)/t18?,20-,22+,23-,24?/m1/s1. The largest absolute Gasteiger partial charge is 0.478 e. The number of carbonyl (C=O) groups is 3. The fourth-order valence-corrected chi connectivity index (χ4v) is 5.44. The number of benzene rings is 1. The lowest BCUT2D eigenvalue weighted by atomic mass is 9.74. The summed E-state index contributed by atoms with van der Waals surface area (Å²) in [4.78, 5) is 46.6. The van der Waals surface area contributed by atoms with Gasteiger partial charge in [-0.3, -0.25) is 9.59 Å². The average Bonchev–Trinajstić information content (AvgIpc) is 3.48. The molecule has 1 aromatic carbocycles. The number of likely N-dealkylation sites (tertiary alicyclic amines) is 1. The maximum atomic E-state index is 14.2. The molecule has 11 nitrogen and oxygen atoms in total. The molecule has 12 heteroatoms. The lowest BCUT2D eigenvalue weighted by Crippen LogP contribution is -2.59. The Morgan fingerprint density at radius 1 is 1.17 bits per heavy atom. The molecule has 2 fully saturated rings. The van der Waals surface area contributed by atoms with Crippen LogP contribution in [0.5, 0.6) is 5.88 Å². The molecule has 5 atom stereocenters. The van der Waals surface area contributed by atoms with E-state index < -0.39 is 60.2 Å². The molecule has 2 saturated heterocycles. The molecule has 2 aromatic rings. The summed E-state index contributed by atoms with van der Waals surface area (Å²) < 4.78 is 17.1. The minimum absolute atomic E-state index is 0.0578. The first-order valence-electron chi connectivity index (χ1n) is 14.6. The first-order chi connectivity index (χ1) is 19.7. The van der Waals surface area contributed by atoms with Crippen molar-refractivity contribution in [3.8, 4) is 5.88 Å². The number of aromatic nitrogens is 1. The third-order valence-corrected chi connectivity index (χ3v) is 7.67. The fraction of sp³-hybridized carbons (Fsp3) is 0.600. The molecule has 3 heterocycles. The molecule has 42 heavy (non-hydrogen) atoms. The Hall–Kier alpha value is -3.38. The monoisotopic (exact) mass is 582 g/mol. The van der Waals surface area contributed by atoms with Crippen LogP contribution >= 0.6 is 0 Å². The minimum atomic E-state index is -1.13. The third kappa shape index (κ3) is 7.33. The van der Waals surface area contributed by atoms with Crippen LogP contribution < -0.4 is 15.4 Å². The van der Waals surface area contributed by atoms with Gasteiger partial charge in [0.05, 0.1) is 12.5 Å². The molecule has 0 radical (unpaired) electrons. The molecule has 2 aliphatic rings. The molecule has 3 amide bonds. The number of fused-ring (bicyclic) bond motifs is 1. The van der Waals surface area contributed by atoms with Gasteiger partial charge in [-0.2, -0.15) is 0 Å². The summed E-state index contributed by atoms with van der Waals surface area (Å²) in [5.74, 6) is -1.09. The van der Waals surface area contributed by atoms with Crippen LogP contribution in [0.1, 0.15) is 61.3 Å². The van der Waals surface area contributed by atoms with Crippen molar-refractivity contribution in [1.29, 1.82) is 0 Å². The molecule has 228 valence electrons. The number of carbonyl (C=O) groups excluding carboxylic acids is 3. The molecule has 4 rings (SSSR count). The van der Waals surface area contributed by atoms with E-state index in [1.807, 2.05) is 58.0 Å². The van der Waals surface area contributed by atoms with Crippen molar-refractivity contribution in [2.75, 3.05) is 13.2 Å². The highest BCUT2D eigenvalue weighted by atomic mass is 16.6. The lowest BCUT2D eigenvalue weighted by molar-refractivity contribution is -0.142. The number of rotatable bonds is 7. The predicted molar refractivity (Wildman–Crippen MR) is 159 cm³/mol. The number of pyridine rings is 1. The Morgan fingerprint density at radius 2 is 1.88 bits per heavy atom. The molecular formula is C30H43BN4O7. The Bertz CT molecular complexity index is 1290. The number of nitrogens with zero attached hydrogens (tertiary/aromatic N) is 2. The summed E-state index contributed by atoms with van der Waals surface area (Å²) in [6.07, 6.45) is 1.30. The van der Waals surface area contributed by atoms with Gasteiger partial charge < -0.3 is 34.7 Å². The first-order valence-corrected chi connectivity index (χ1v) is 14.6. The van der Waals surface area contributed by atoms with Crippen LogP contribution in [0.4, 0.5) is 4.79 Å². The van der Waals surface area contributed by atoms with Gasteiger partial charge in [-0.05, 0) is 56.0 Å². The van der Waals surface area contributed by atoms with E-state index in [2.05, 4.69) is 15.6 Å². The van der Waals surface area contributed by atoms with Crippen LogP contribution in [0, 0.1) is 11.3 Å². The maximum Gasteiger partial charge on any atom is 0.478 e. The van der Waals surface area contributed by atoms with Gasteiger partial charge in [0, 0.05) is 24.6 Å². The number of nitrogens with one attached hydrogen (secondary N) is 2. The number of alkyl carbamates (subject to hydrolysis) is 1. The van der Waals surface area contributed by atoms with Gasteiger partial charge in [0.2, 0.25) is 17.7 Å². The summed E-state index contributed by atoms with van der Waals surface area (Å²) in [5, 5.41) is 17.8. The SMILES string of the molecule is CCC1COB(O)C1NC(=O)[C@@H]1C[C@@H](Oc2nccc3ccccc23)CN1C(=O)[C@@H](NC(=O)OC(C)(C)C)C(C)(C)C. The van der Waals surface area contributed by atoms with E-state index in [1.165, 1.54) is 4.90 Å². The third-order valence-electron chi connectivity index (χ3n) is 7.67. The number of hydrogen-bond donors (Lipinski definition) is 3. The molecule has 3 N–H and O–H groups in total. The van der Waals surface area contributed by atoms with Crippen molar-refractivity contribution in [3.63, 3.8) is 0 Å². The number of hydrogen-bond acceptors (Lipinski definition) is 8. The van der Waals surface area contributed by atoms with Gasteiger partial charge in [-0.25, -0.2) is 9.78 Å². The van der Waals surface area contributed by atoms with Gasteiger partial charge in [0.1, 0.15) is 23.8 Å². The normalized spacial score (nSPS) is 23.5. The zero-order valence-electron chi connectivity index (χ0n) is 25.5. The highest BCUT2D eigenvalue weighted by molar-refractivity contribution is 6.46. The first kappa shape index (κ1) is 31.6. The fourth-order valence-electron chi connectivity index (χ4n) is 5.44. The highest BCUT2D eigenvalue weighted by Crippen LogP contribution is 2.31. The van der Waals surface area contributed by atoms with Crippen molar-refractivity contribution in [2.24, 2.45) is 11.3 Å². The van der Waals surface area contributed by atoms with E-state index in [0.29, 0.717) is 18.9 Å². The Kier molecular flexibility index (Phi) is 9.37. The minimum Gasteiger partial charge on any atom is -0.472 e. The van der Waals surface area contributed by atoms with Crippen molar-refractivity contribution in [2.45, 2.75) is 91.0 Å². The van der Waals surface area contributed by atoms with Crippen molar-refractivity contribution in [1.82, 2.24) is 20.5 Å². The second-order valence-electron chi connectivity index (χ2n) is 13.2. The van der Waals surface area contributed by atoms with Crippen LogP contribution in [0.25, 0.3) is 10.8 Å². The second kappa shape index (κ2) is 12.5. The van der Waals surface area contributed by atoms with Crippen LogP contribution in [-0.4, -0.2) is 82.8 Å². The molecule has 1 aromatic heterocycles. The molecule has 0 saturated carbocycles. The van der Waals surface area contributed by atoms with Gasteiger partial charge in [-0.1, -0.05) is 45.9 Å². The van der Waals surface area contributed by atoms with E-state index in [-0.39, 0.29) is 18.9 Å². The molecule has 0 bridgehead atoms. The lowest BCUT2D eigenvalue weighted by Gasteiger charge is -2.36. The van der Waals surface area contributed by atoms with E-state index >= 15 is 0 Å². The number of ether oxygens (including phenoxy) is 2. The van der Waals surface area contributed by atoms with Gasteiger partial charge in [0.25, 0.3) is 0 Å². The summed E-state index contributed by atoms with van der Waals surface area (Å²) in [6, 6.07) is 7.68. The van der Waals surface area contributed by atoms with Gasteiger partial charge >= 0.3 is 13.2 Å². The predicted octanol–water partition coefficient (Wildman–Crippen LogP) is 3.08. The molecule has 2 unspecified atom stereocenters. The smallest absolute Gasteiger partial charge is 0.472 e. The highest BCUT2D eigenvalue weighted by Gasteiger charge is 2.48. The quantitative estimate of drug-likeness (QED) is 0.424. The van der Waals surface area contributed by atoms with E-state index in [1.54, 1.807) is 27.0 Å². The van der Waals surface area contributed by atoms with E-state index in [0.717, 1.165) is 10.8 Å².